The number of aryl methyl sites for hydroxylation is 1. The molecule has 0 aliphatic heterocycles. The van der Waals surface area contributed by atoms with Crippen molar-refractivity contribution < 1.29 is 19.4 Å². The summed E-state index contributed by atoms with van der Waals surface area (Å²) in [6, 6.07) is 7.98. The molecule has 0 atom stereocenters. The molecule has 138 valence electrons. The molecule has 0 saturated heterocycles. The Morgan fingerprint density at radius 3 is 2.65 bits per heavy atom. The van der Waals surface area contributed by atoms with Crippen LogP contribution >= 0.6 is 0 Å². The van der Waals surface area contributed by atoms with Crippen molar-refractivity contribution in [3.05, 3.63) is 46.8 Å². The molecule has 7 nitrogen and oxygen atoms in total. The standard InChI is InChI=1S/C19H23N3O4/c1-13-6-8-14(9-7-13)22-16-5-3-4-15(16)18(20-22)19(25)21(10-11-26-2)12-17(23)24/h6-9H,3-5,10-12H2,1-2H3,(H,23,24). The molecule has 0 unspecified atom stereocenters. The fourth-order valence-electron chi connectivity index (χ4n) is 3.28. The predicted octanol–water partition coefficient (Wildman–Crippen LogP) is 1.84. The fraction of sp³-hybridized carbons (Fsp3) is 0.421. The van der Waals surface area contributed by atoms with Crippen LogP contribution in [0, 0.1) is 6.92 Å². The van der Waals surface area contributed by atoms with Gasteiger partial charge in [0.25, 0.3) is 5.91 Å². The minimum Gasteiger partial charge on any atom is -0.480 e. The summed E-state index contributed by atoms with van der Waals surface area (Å²) in [7, 11) is 1.52. The van der Waals surface area contributed by atoms with Gasteiger partial charge < -0.3 is 14.7 Å². The van der Waals surface area contributed by atoms with Crippen molar-refractivity contribution in [3.8, 4) is 5.69 Å². The average Bonchev–Trinajstić information content (AvgIpc) is 3.21. The van der Waals surface area contributed by atoms with E-state index in [0.717, 1.165) is 41.8 Å². The third kappa shape index (κ3) is 3.62. The molecular weight excluding hydrogens is 334 g/mol. The van der Waals surface area contributed by atoms with Crippen LogP contribution in [-0.4, -0.2) is 58.5 Å². The molecule has 1 aliphatic carbocycles. The molecule has 7 heteroatoms. The van der Waals surface area contributed by atoms with Crippen LogP contribution in [0.2, 0.25) is 0 Å². The minimum atomic E-state index is -1.05. The Balaban J connectivity index is 1.96. The highest BCUT2D eigenvalue weighted by Gasteiger charge is 2.30. The zero-order valence-electron chi connectivity index (χ0n) is 15.1. The number of aliphatic carboxylic acids is 1. The van der Waals surface area contributed by atoms with Crippen LogP contribution in [-0.2, 0) is 22.4 Å². The number of benzene rings is 1. The maximum Gasteiger partial charge on any atom is 0.323 e. The Kier molecular flexibility index (Phi) is 5.37. The topological polar surface area (TPSA) is 84.7 Å². The molecule has 0 spiro atoms. The van der Waals surface area contributed by atoms with Gasteiger partial charge in [0, 0.05) is 24.9 Å². The van der Waals surface area contributed by atoms with Crippen LogP contribution in [0.4, 0.5) is 0 Å². The lowest BCUT2D eigenvalue weighted by atomic mass is 10.1. The van der Waals surface area contributed by atoms with Gasteiger partial charge in [0.1, 0.15) is 6.54 Å². The second-order valence-corrected chi connectivity index (χ2v) is 6.49. The number of hydrogen-bond donors (Lipinski definition) is 1. The smallest absolute Gasteiger partial charge is 0.323 e. The largest absolute Gasteiger partial charge is 0.480 e. The third-order valence-corrected chi connectivity index (χ3v) is 4.59. The molecule has 1 aromatic heterocycles. The SMILES string of the molecule is COCCN(CC(=O)O)C(=O)c1nn(-c2ccc(C)cc2)c2c1CCC2. The van der Waals surface area contributed by atoms with Gasteiger partial charge in [-0.15, -0.1) is 0 Å². The van der Waals surface area contributed by atoms with Crippen LogP contribution in [0.5, 0.6) is 0 Å². The highest BCUT2D eigenvalue weighted by atomic mass is 16.5. The van der Waals surface area contributed by atoms with E-state index in [2.05, 4.69) is 5.10 Å². The third-order valence-electron chi connectivity index (χ3n) is 4.59. The summed E-state index contributed by atoms with van der Waals surface area (Å²) < 4.78 is 6.83. The molecule has 1 aliphatic rings. The highest BCUT2D eigenvalue weighted by molar-refractivity contribution is 5.96. The Hall–Kier alpha value is -2.67. The summed E-state index contributed by atoms with van der Waals surface area (Å²) in [5.41, 5.74) is 4.40. The second-order valence-electron chi connectivity index (χ2n) is 6.49. The van der Waals surface area contributed by atoms with Crippen molar-refractivity contribution in [1.29, 1.82) is 0 Å². The molecule has 0 bridgehead atoms. The van der Waals surface area contributed by atoms with Crippen molar-refractivity contribution in [2.45, 2.75) is 26.2 Å². The van der Waals surface area contributed by atoms with E-state index in [1.165, 1.54) is 12.0 Å². The normalized spacial score (nSPS) is 12.8. The number of carbonyl (C=O) groups is 2. The first kappa shape index (κ1) is 18.1. The van der Waals surface area contributed by atoms with E-state index >= 15 is 0 Å². The number of carbonyl (C=O) groups excluding carboxylic acids is 1. The molecule has 3 rings (SSSR count). The fourth-order valence-corrected chi connectivity index (χ4v) is 3.28. The first-order valence-electron chi connectivity index (χ1n) is 8.69. The van der Waals surface area contributed by atoms with Gasteiger partial charge in [-0.2, -0.15) is 5.10 Å². The number of hydrogen-bond acceptors (Lipinski definition) is 4. The number of carboxylic acid groups (broad SMARTS) is 1. The van der Waals surface area contributed by atoms with E-state index in [4.69, 9.17) is 9.84 Å². The Labute approximate surface area is 152 Å². The van der Waals surface area contributed by atoms with E-state index in [1.807, 2.05) is 35.9 Å². The lowest BCUT2D eigenvalue weighted by Crippen LogP contribution is -2.38. The molecule has 26 heavy (non-hydrogen) atoms. The molecule has 1 amide bonds. The molecule has 0 radical (unpaired) electrons. The molecular formula is C19H23N3O4. The molecule has 2 aromatic rings. The highest BCUT2D eigenvalue weighted by Crippen LogP contribution is 2.28. The maximum atomic E-state index is 13.0. The van der Waals surface area contributed by atoms with Crippen molar-refractivity contribution in [1.82, 2.24) is 14.7 Å². The van der Waals surface area contributed by atoms with Crippen molar-refractivity contribution in [2.24, 2.45) is 0 Å². The molecule has 1 N–H and O–H groups in total. The van der Waals surface area contributed by atoms with Crippen LogP contribution < -0.4 is 0 Å². The lowest BCUT2D eigenvalue weighted by molar-refractivity contribution is -0.137. The second kappa shape index (κ2) is 7.70. The summed E-state index contributed by atoms with van der Waals surface area (Å²) in [6.07, 6.45) is 2.62. The van der Waals surface area contributed by atoms with Gasteiger partial charge in [0.2, 0.25) is 0 Å². The van der Waals surface area contributed by atoms with E-state index in [-0.39, 0.29) is 25.6 Å². The van der Waals surface area contributed by atoms with Crippen LogP contribution in [0.3, 0.4) is 0 Å². The number of aromatic nitrogens is 2. The Morgan fingerprint density at radius 2 is 2.00 bits per heavy atom. The molecule has 0 fully saturated rings. The number of amides is 1. The number of nitrogens with zero attached hydrogens (tertiary/aromatic N) is 3. The van der Waals surface area contributed by atoms with E-state index in [9.17, 15) is 9.59 Å². The van der Waals surface area contributed by atoms with Crippen LogP contribution in [0.15, 0.2) is 24.3 Å². The van der Waals surface area contributed by atoms with E-state index in [0.29, 0.717) is 5.69 Å². The van der Waals surface area contributed by atoms with Gasteiger partial charge in [0.15, 0.2) is 5.69 Å². The molecule has 1 aromatic carbocycles. The first-order chi connectivity index (χ1) is 12.5. The molecule has 1 heterocycles. The molecule has 0 saturated carbocycles. The summed E-state index contributed by atoms with van der Waals surface area (Å²) in [5, 5.41) is 13.7. The summed E-state index contributed by atoms with van der Waals surface area (Å²) in [5.74, 6) is -1.41. The van der Waals surface area contributed by atoms with Crippen molar-refractivity contribution >= 4 is 11.9 Å². The van der Waals surface area contributed by atoms with Gasteiger partial charge >= 0.3 is 5.97 Å². The maximum absolute atomic E-state index is 13.0. The summed E-state index contributed by atoms with van der Waals surface area (Å²) in [6.45, 7) is 2.15. The van der Waals surface area contributed by atoms with E-state index < -0.39 is 5.97 Å². The number of carboxylic acids is 1. The van der Waals surface area contributed by atoms with Crippen molar-refractivity contribution in [3.63, 3.8) is 0 Å². The predicted molar refractivity (Wildman–Crippen MR) is 95.7 cm³/mol. The quantitative estimate of drug-likeness (QED) is 0.817. The van der Waals surface area contributed by atoms with Crippen LogP contribution in [0.1, 0.15) is 33.7 Å². The van der Waals surface area contributed by atoms with Gasteiger partial charge in [-0.1, -0.05) is 17.7 Å². The lowest BCUT2D eigenvalue weighted by Gasteiger charge is -2.19. The minimum absolute atomic E-state index is 0.216. The van der Waals surface area contributed by atoms with Gasteiger partial charge in [-0.05, 0) is 38.3 Å². The zero-order valence-corrected chi connectivity index (χ0v) is 15.1. The zero-order chi connectivity index (χ0) is 18.7. The van der Waals surface area contributed by atoms with Gasteiger partial charge in [-0.25, -0.2) is 4.68 Å². The van der Waals surface area contributed by atoms with Crippen molar-refractivity contribution in [2.75, 3.05) is 26.8 Å². The summed E-state index contributed by atoms with van der Waals surface area (Å²) in [4.78, 5) is 25.4. The van der Waals surface area contributed by atoms with Crippen LogP contribution in [0.25, 0.3) is 5.69 Å². The summed E-state index contributed by atoms with van der Waals surface area (Å²) >= 11 is 0. The average molecular weight is 357 g/mol. The number of rotatable bonds is 7. The Morgan fingerprint density at radius 1 is 1.27 bits per heavy atom. The first-order valence-corrected chi connectivity index (χ1v) is 8.69. The Bertz CT molecular complexity index is 811. The number of ether oxygens (including phenoxy) is 1. The number of fused-ring (bicyclic) bond motifs is 1. The number of methoxy groups -OCH3 is 1. The van der Waals surface area contributed by atoms with Gasteiger partial charge in [0.05, 0.1) is 12.3 Å². The van der Waals surface area contributed by atoms with Gasteiger partial charge in [-0.3, -0.25) is 9.59 Å². The van der Waals surface area contributed by atoms with E-state index in [1.54, 1.807) is 0 Å². The monoisotopic (exact) mass is 357 g/mol.